The molecule has 0 spiro atoms. The van der Waals surface area contributed by atoms with E-state index in [0.717, 1.165) is 22.1 Å². The van der Waals surface area contributed by atoms with Gasteiger partial charge in [0.25, 0.3) is 5.91 Å². The van der Waals surface area contributed by atoms with Crippen molar-refractivity contribution in [2.24, 2.45) is 0 Å². The number of hydrogen-bond donors (Lipinski definition) is 2. The Kier molecular flexibility index (Phi) is 6.62. The van der Waals surface area contributed by atoms with Crippen LogP contribution in [0.15, 0.2) is 90.5 Å². The van der Waals surface area contributed by atoms with E-state index in [9.17, 15) is 4.79 Å². The number of nitrogens with one attached hydrogen (secondary N) is 1. The number of hydrogen-bond acceptors (Lipinski definition) is 7. The fraction of sp³-hybridized carbons (Fsp3) is 0.0833. The van der Waals surface area contributed by atoms with Gasteiger partial charge in [-0.1, -0.05) is 24.3 Å². The van der Waals surface area contributed by atoms with Crippen molar-refractivity contribution in [3.63, 3.8) is 0 Å². The van der Waals surface area contributed by atoms with Crippen LogP contribution in [0.2, 0.25) is 0 Å². The van der Waals surface area contributed by atoms with Crippen LogP contribution < -0.4 is 16.0 Å². The van der Waals surface area contributed by atoms with Crippen molar-refractivity contribution in [2.75, 3.05) is 22.2 Å². The Hall–Kier alpha value is -3.91. The van der Waals surface area contributed by atoms with Gasteiger partial charge in [0.15, 0.2) is 0 Å². The minimum atomic E-state index is -0.209. The summed E-state index contributed by atoms with van der Waals surface area (Å²) in [7, 11) is 0. The number of nitrogens with two attached hydrogens (primary N) is 1. The van der Waals surface area contributed by atoms with E-state index in [1.165, 1.54) is 6.33 Å². The van der Waals surface area contributed by atoms with Crippen LogP contribution in [0.5, 0.6) is 0 Å². The normalized spacial score (nSPS) is 10.5. The Morgan fingerprint density at radius 3 is 2.53 bits per heavy atom. The largest absolute Gasteiger partial charge is 0.397 e. The molecule has 0 aliphatic carbocycles. The molecule has 7 nitrogen and oxygen atoms in total. The molecule has 0 atom stereocenters. The van der Waals surface area contributed by atoms with Gasteiger partial charge in [0.2, 0.25) is 0 Å². The number of nitrogen functional groups attached to an aromatic ring is 1. The molecule has 8 heteroatoms. The van der Waals surface area contributed by atoms with Crippen molar-refractivity contribution >= 4 is 40.5 Å². The SMILES string of the molecule is CSc1ncccc1N(Cc1ccc(C(=O)Nc2ccccc2N)cc1)c1ccncn1. The van der Waals surface area contributed by atoms with E-state index in [0.29, 0.717) is 23.5 Å². The molecule has 1 amide bonds. The number of anilines is 4. The number of carbonyl (C=O) groups is 1. The van der Waals surface area contributed by atoms with Gasteiger partial charge in [0.1, 0.15) is 17.2 Å². The molecule has 0 saturated heterocycles. The lowest BCUT2D eigenvalue weighted by molar-refractivity contribution is 0.102. The molecule has 0 fully saturated rings. The molecule has 0 aliphatic rings. The first-order chi connectivity index (χ1) is 15.7. The predicted molar refractivity (Wildman–Crippen MR) is 129 cm³/mol. The van der Waals surface area contributed by atoms with Crippen LogP contribution in [-0.4, -0.2) is 27.1 Å². The van der Waals surface area contributed by atoms with Crippen molar-refractivity contribution in [3.05, 3.63) is 96.6 Å². The van der Waals surface area contributed by atoms with E-state index in [2.05, 4.69) is 25.2 Å². The topological polar surface area (TPSA) is 97.0 Å². The summed E-state index contributed by atoms with van der Waals surface area (Å²) < 4.78 is 0. The van der Waals surface area contributed by atoms with E-state index in [4.69, 9.17) is 5.73 Å². The van der Waals surface area contributed by atoms with E-state index in [-0.39, 0.29) is 5.91 Å². The summed E-state index contributed by atoms with van der Waals surface area (Å²) in [5.74, 6) is 0.559. The number of amides is 1. The van der Waals surface area contributed by atoms with E-state index in [1.54, 1.807) is 48.4 Å². The number of pyridine rings is 1. The molecule has 0 bridgehead atoms. The van der Waals surface area contributed by atoms with Gasteiger partial charge in [0.05, 0.1) is 17.1 Å². The number of benzene rings is 2. The maximum Gasteiger partial charge on any atom is 0.255 e. The molecule has 4 aromatic rings. The molecule has 2 aromatic carbocycles. The lowest BCUT2D eigenvalue weighted by Gasteiger charge is -2.25. The third-order valence-corrected chi connectivity index (χ3v) is 5.55. The van der Waals surface area contributed by atoms with Gasteiger partial charge in [-0.05, 0) is 54.3 Å². The highest BCUT2D eigenvalue weighted by molar-refractivity contribution is 7.98. The summed E-state index contributed by atoms with van der Waals surface area (Å²) in [5, 5.41) is 3.76. The zero-order valence-electron chi connectivity index (χ0n) is 17.5. The molecule has 0 unspecified atom stereocenters. The van der Waals surface area contributed by atoms with Gasteiger partial charge in [0, 0.05) is 24.5 Å². The standard InChI is InChI=1S/C24H22N6OS/c1-32-24-21(7-4-13-27-24)30(22-12-14-26-16-28-22)15-17-8-10-18(11-9-17)23(31)29-20-6-3-2-5-19(20)25/h2-14,16H,15,25H2,1H3,(H,29,31). The van der Waals surface area contributed by atoms with E-state index >= 15 is 0 Å². The quantitative estimate of drug-likeness (QED) is 0.314. The third kappa shape index (κ3) is 4.87. The van der Waals surface area contributed by atoms with Crippen LogP contribution in [0.1, 0.15) is 15.9 Å². The molecule has 2 heterocycles. The maximum absolute atomic E-state index is 12.6. The Balaban J connectivity index is 1.57. The highest BCUT2D eigenvalue weighted by Gasteiger charge is 2.16. The number of nitrogens with zero attached hydrogens (tertiary/aromatic N) is 4. The van der Waals surface area contributed by atoms with Crippen LogP contribution in [0.4, 0.5) is 22.9 Å². The summed E-state index contributed by atoms with van der Waals surface area (Å²) in [6.07, 6.45) is 7.02. The second kappa shape index (κ2) is 9.93. The van der Waals surface area contributed by atoms with Crippen molar-refractivity contribution in [1.82, 2.24) is 15.0 Å². The second-order valence-corrected chi connectivity index (χ2v) is 7.72. The Labute approximate surface area is 190 Å². The summed E-state index contributed by atoms with van der Waals surface area (Å²) in [5.41, 5.74) is 9.58. The molecule has 4 rings (SSSR count). The first-order valence-electron chi connectivity index (χ1n) is 9.93. The number of para-hydroxylation sites is 2. The number of carbonyl (C=O) groups excluding carboxylic acids is 1. The van der Waals surface area contributed by atoms with Crippen LogP contribution in [0, 0.1) is 0 Å². The van der Waals surface area contributed by atoms with Crippen LogP contribution in [0.25, 0.3) is 0 Å². The predicted octanol–water partition coefficient (Wildman–Crippen LogP) is 4.77. The molecule has 0 aliphatic heterocycles. The minimum absolute atomic E-state index is 0.209. The number of aromatic nitrogens is 3. The van der Waals surface area contributed by atoms with Crippen LogP contribution >= 0.6 is 11.8 Å². The molecule has 160 valence electrons. The van der Waals surface area contributed by atoms with Crippen LogP contribution in [-0.2, 0) is 6.54 Å². The summed E-state index contributed by atoms with van der Waals surface area (Å²) in [4.78, 5) is 27.6. The van der Waals surface area contributed by atoms with Crippen molar-refractivity contribution in [1.29, 1.82) is 0 Å². The second-order valence-electron chi connectivity index (χ2n) is 6.92. The third-order valence-electron chi connectivity index (χ3n) is 4.84. The van der Waals surface area contributed by atoms with Gasteiger partial charge in [-0.3, -0.25) is 4.79 Å². The fourth-order valence-corrected chi connectivity index (χ4v) is 3.78. The molecule has 0 saturated carbocycles. The Morgan fingerprint density at radius 1 is 1.00 bits per heavy atom. The van der Waals surface area contributed by atoms with Gasteiger partial charge in [-0.25, -0.2) is 15.0 Å². The van der Waals surface area contributed by atoms with E-state index in [1.807, 2.05) is 48.7 Å². The molecular weight excluding hydrogens is 420 g/mol. The highest BCUT2D eigenvalue weighted by atomic mass is 32.2. The van der Waals surface area contributed by atoms with Gasteiger partial charge < -0.3 is 16.0 Å². The maximum atomic E-state index is 12.6. The van der Waals surface area contributed by atoms with Gasteiger partial charge in [-0.15, -0.1) is 11.8 Å². The van der Waals surface area contributed by atoms with Crippen molar-refractivity contribution < 1.29 is 4.79 Å². The zero-order chi connectivity index (χ0) is 22.3. The average Bonchev–Trinajstić information content (AvgIpc) is 2.85. The summed E-state index contributed by atoms with van der Waals surface area (Å²) in [6, 6.07) is 20.5. The molecular formula is C24H22N6OS. The molecule has 3 N–H and O–H groups in total. The number of rotatable bonds is 7. The van der Waals surface area contributed by atoms with Crippen molar-refractivity contribution in [3.8, 4) is 0 Å². The van der Waals surface area contributed by atoms with Crippen molar-refractivity contribution in [2.45, 2.75) is 11.6 Å². The molecule has 32 heavy (non-hydrogen) atoms. The molecule has 0 radical (unpaired) electrons. The minimum Gasteiger partial charge on any atom is -0.397 e. The lowest BCUT2D eigenvalue weighted by atomic mass is 10.1. The zero-order valence-corrected chi connectivity index (χ0v) is 18.3. The highest BCUT2D eigenvalue weighted by Crippen LogP contribution is 2.32. The monoisotopic (exact) mass is 442 g/mol. The van der Waals surface area contributed by atoms with Gasteiger partial charge in [-0.2, -0.15) is 0 Å². The Morgan fingerprint density at radius 2 is 1.81 bits per heavy atom. The fourth-order valence-electron chi connectivity index (χ4n) is 3.23. The van der Waals surface area contributed by atoms with Crippen LogP contribution in [0.3, 0.4) is 0 Å². The van der Waals surface area contributed by atoms with Gasteiger partial charge >= 0.3 is 0 Å². The first kappa shape index (κ1) is 21.3. The smallest absolute Gasteiger partial charge is 0.255 e. The average molecular weight is 443 g/mol. The van der Waals surface area contributed by atoms with E-state index < -0.39 is 0 Å². The first-order valence-corrected chi connectivity index (χ1v) is 11.2. The summed E-state index contributed by atoms with van der Waals surface area (Å²) >= 11 is 1.58. The molecule has 2 aromatic heterocycles. The summed E-state index contributed by atoms with van der Waals surface area (Å²) in [6.45, 7) is 0.559. The Bertz CT molecular complexity index is 1200. The number of thioether (sulfide) groups is 1. The lowest BCUT2D eigenvalue weighted by Crippen LogP contribution is -2.19.